The molecule has 19 nitrogen and oxygen atoms in total. The first-order valence-electron chi connectivity index (χ1n) is 31.7. The van der Waals surface area contributed by atoms with E-state index in [0.29, 0.717) is 57.7 Å². The maximum atomic E-state index is 15.1. The quantitative estimate of drug-likeness (QED) is 0.0191. The van der Waals surface area contributed by atoms with Crippen molar-refractivity contribution in [3.05, 3.63) is 112 Å². The lowest BCUT2D eigenvalue weighted by molar-refractivity contribution is -0.142. The van der Waals surface area contributed by atoms with Gasteiger partial charge in [0.2, 0.25) is 11.8 Å². The summed E-state index contributed by atoms with van der Waals surface area (Å²) < 4.78 is 17.6. The molecule has 13 rings (SSSR count). The number of aldehydes is 1. The summed E-state index contributed by atoms with van der Waals surface area (Å²) >= 11 is 0. The molecule has 2 amide bonds. The summed E-state index contributed by atoms with van der Waals surface area (Å²) in [5.41, 5.74) is 19.6. The summed E-state index contributed by atoms with van der Waals surface area (Å²) in [4.78, 5) is 57.3. The minimum Gasteiger partial charge on any atom is -0.486 e. The van der Waals surface area contributed by atoms with E-state index >= 15 is 4.79 Å². The maximum absolute atomic E-state index is 15.1. The number of likely N-dealkylation sites (tertiary alicyclic amines) is 1. The van der Waals surface area contributed by atoms with Gasteiger partial charge in [0.25, 0.3) is 0 Å². The molecule has 0 spiro atoms. The van der Waals surface area contributed by atoms with Crippen LogP contribution in [0.5, 0.6) is 11.8 Å². The fourth-order valence-electron chi connectivity index (χ4n) is 14.7. The Morgan fingerprint density at radius 2 is 1.76 bits per heavy atom. The Labute approximate surface area is 508 Å². The van der Waals surface area contributed by atoms with Gasteiger partial charge in [-0.3, -0.25) is 23.7 Å². The fraction of sp³-hybridized carbons (Fsp3) is 0.471. The van der Waals surface area contributed by atoms with E-state index in [-0.39, 0.29) is 67.1 Å². The molecule has 3 saturated heterocycles. The Balaban J connectivity index is 0.813. The number of nitrogens with one attached hydrogen (secondary N) is 4. The lowest BCUT2D eigenvalue weighted by Crippen LogP contribution is -2.49. The number of anilines is 3. The third-order valence-corrected chi connectivity index (χ3v) is 19.3. The minimum atomic E-state index is -0.910. The zero-order valence-corrected chi connectivity index (χ0v) is 50.7. The van der Waals surface area contributed by atoms with Crippen LogP contribution in [-0.2, 0) is 29.2 Å². The first-order valence-corrected chi connectivity index (χ1v) is 31.7. The highest BCUT2D eigenvalue weighted by Gasteiger charge is 2.45. The number of aliphatic hydroxyl groups excluding tert-OH is 1. The fourth-order valence-corrected chi connectivity index (χ4v) is 14.7. The number of hydrogen-bond donors (Lipinski definition) is 6. The molecule has 7 N–H and O–H groups in total. The molecule has 7 aromatic rings. The average molecular weight is 1180 g/mol. The molecule has 87 heavy (non-hydrogen) atoms. The number of aromatic nitrogens is 6. The number of nitrogens with two attached hydrogens (primary N) is 1. The van der Waals surface area contributed by atoms with Crippen LogP contribution in [0, 0.1) is 18.3 Å². The second-order valence-corrected chi connectivity index (χ2v) is 25.4. The Bertz CT molecular complexity index is 3790. The van der Waals surface area contributed by atoms with E-state index in [2.05, 4.69) is 64.1 Å². The van der Waals surface area contributed by atoms with Crippen molar-refractivity contribution in [1.82, 2.24) is 45.1 Å². The van der Waals surface area contributed by atoms with Crippen LogP contribution in [0.4, 0.5) is 17.2 Å². The van der Waals surface area contributed by atoms with Crippen molar-refractivity contribution in [2.45, 2.75) is 173 Å². The van der Waals surface area contributed by atoms with Crippen molar-refractivity contribution in [3.63, 3.8) is 0 Å². The van der Waals surface area contributed by atoms with Gasteiger partial charge in [-0.05, 0) is 154 Å². The van der Waals surface area contributed by atoms with Crippen molar-refractivity contribution >= 4 is 52.4 Å². The standard InChI is InChI=1S/C68H81N13O6/c1-6-80-58(24-25-73-80)43-20-22-48-42(27-43)12-10-11-15-55(48)74-66(84)59-29-46(83)34-79(59)67(85)63(38(2)3)81-35-53(57(36-82)77-81)49-21-17-40(26-56(49)71-5)37-86-64-61(60-39(4)16-23-54(70)52(60)31-69)50(41-18-19-41)30-51-62(64)75-68(87-47-13-8-7-9-14-47)76-65(51)78-33-44-28-45(78)32-72-44/h16-17,20-27,30-31,35-36,38,41,44-47,55,59,63,69,71-72,83H,6-15,18-19,28-29,32-34,37,70H2,1-5H3,(H,74,84). The van der Waals surface area contributed by atoms with Crippen LogP contribution in [0.1, 0.15) is 160 Å². The van der Waals surface area contributed by atoms with Crippen LogP contribution in [0.2, 0.25) is 0 Å². The first-order chi connectivity index (χ1) is 42.3. The monoisotopic (exact) mass is 1180 g/mol. The summed E-state index contributed by atoms with van der Waals surface area (Å²) in [7, 11) is 1.83. The van der Waals surface area contributed by atoms with Crippen molar-refractivity contribution < 1.29 is 29.0 Å². The second-order valence-electron chi connectivity index (χ2n) is 25.4. The van der Waals surface area contributed by atoms with Gasteiger partial charge in [-0.1, -0.05) is 57.0 Å². The van der Waals surface area contributed by atoms with Gasteiger partial charge in [0, 0.05) is 115 Å². The number of amides is 2. The molecule has 6 unspecified atom stereocenters. The van der Waals surface area contributed by atoms with E-state index < -0.39 is 18.2 Å². The normalized spacial score (nSPS) is 21.5. The van der Waals surface area contributed by atoms with Gasteiger partial charge in [0.1, 0.15) is 41.8 Å². The number of hydrogen-bond acceptors (Lipinski definition) is 15. The number of β-amino-alcohol motifs (C(OH)–C–C–N with tert-alkyl or cyclic N) is 1. The topological polar surface area (TPSA) is 244 Å². The molecule has 6 heterocycles. The minimum absolute atomic E-state index is 0.0104. The molecular formula is C68H81N13O6. The highest BCUT2D eigenvalue weighted by molar-refractivity contribution is 6.05. The third kappa shape index (κ3) is 11.1. The number of carbonyl (C=O) groups is 3. The van der Waals surface area contributed by atoms with E-state index in [4.69, 9.17) is 35.7 Å². The SMILES string of the molecule is CCn1nccc1-c1ccc2c(c1)CCCCC2NC(=O)C1CC(O)CN1C(=O)C(C(C)C)n1cc(-c2ccc(COc3c(-c4c(C)ccc(N)c4C=N)c(C4CC4)cc4c(N5CC6CC5CN6)nc(OC5CCCCC5)nc34)cc2NC)c(C=O)n1. The van der Waals surface area contributed by atoms with Crippen LogP contribution in [-0.4, -0.2) is 121 Å². The van der Waals surface area contributed by atoms with E-state index in [9.17, 15) is 14.7 Å². The third-order valence-electron chi connectivity index (χ3n) is 19.3. The Hall–Kier alpha value is -8.16. The smallest absolute Gasteiger partial charge is 0.319 e. The lowest BCUT2D eigenvalue weighted by atomic mass is 9.87. The van der Waals surface area contributed by atoms with Crippen LogP contribution in [0.3, 0.4) is 0 Å². The van der Waals surface area contributed by atoms with Gasteiger partial charge in [0.15, 0.2) is 12.0 Å². The zero-order chi connectivity index (χ0) is 60.2. The lowest BCUT2D eigenvalue weighted by Gasteiger charge is -2.31. The number of aliphatic hydroxyl groups is 1. The molecule has 19 heteroatoms. The van der Waals surface area contributed by atoms with Crippen molar-refractivity contribution in [2.75, 3.05) is 42.6 Å². The Kier molecular flexibility index (Phi) is 16.1. The number of ether oxygens (including phenoxy) is 2. The van der Waals surface area contributed by atoms with Gasteiger partial charge in [-0.25, -0.2) is 0 Å². The van der Waals surface area contributed by atoms with Crippen molar-refractivity contribution in [3.8, 4) is 45.3 Å². The zero-order valence-electron chi connectivity index (χ0n) is 50.7. The second kappa shape index (κ2) is 24.2. The highest BCUT2D eigenvalue weighted by atomic mass is 16.5. The predicted octanol–water partition coefficient (Wildman–Crippen LogP) is 10.2. The molecule has 454 valence electrons. The number of piperazine rings is 1. The molecule has 4 aromatic carbocycles. The number of benzene rings is 4. The number of aryl methyl sites for hydroxylation is 3. The summed E-state index contributed by atoms with van der Waals surface area (Å²) in [5.74, 6) is 0.725. The van der Waals surface area contributed by atoms with Crippen LogP contribution >= 0.6 is 0 Å². The molecule has 3 aliphatic carbocycles. The van der Waals surface area contributed by atoms with Crippen LogP contribution < -0.4 is 36.1 Å². The van der Waals surface area contributed by atoms with E-state index in [1.165, 1.54) is 23.1 Å². The Morgan fingerprint density at radius 1 is 0.931 bits per heavy atom. The van der Waals surface area contributed by atoms with Crippen LogP contribution in [0.15, 0.2) is 73.1 Å². The number of carbonyl (C=O) groups excluding carboxylic acids is 3. The van der Waals surface area contributed by atoms with Gasteiger partial charge >= 0.3 is 6.01 Å². The summed E-state index contributed by atoms with van der Waals surface area (Å²) in [6.45, 7) is 10.6. The van der Waals surface area contributed by atoms with Crippen molar-refractivity contribution in [2.24, 2.45) is 5.92 Å². The molecule has 5 fully saturated rings. The molecule has 3 aliphatic heterocycles. The predicted molar refractivity (Wildman–Crippen MR) is 338 cm³/mol. The summed E-state index contributed by atoms with van der Waals surface area (Å²) in [5, 5.41) is 40.4. The molecule has 2 saturated carbocycles. The van der Waals surface area contributed by atoms with Crippen molar-refractivity contribution in [1.29, 1.82) is 5.41 Å². The highest BCUT2D eigenvalue weighted by Crippen LogP contribution is 2.53. The average Bonchev–Trinajstić information content (AvgIpc) is 1.78. The van der Waals surface area contributed by atoms with Gasteiger partial charge in [-0.2, -0.15) is 20.2 Å². The maximum Gasteiger partial charge on any atom is 0.319 e. The van der Waals surface area contributed by atoms with Crippen LogP contribution in [0.25, 0.3) is 44.4 Å². The molecule has 6 atom stereocenters. The number of nitrogens with zero attached hydrogens (tertiary/aromatic N) is 8. The number of fused-ring (bicyclic) bond motifs is 4. The molecule has 0 radical (unpaired) electrons. The number of rotatable bonds is 19. The largest absolute Gasteiger partial charge is 0.486 e. The van der Waals surface area contributed by atoms with Gasteiger partial charge in [-0.15, -0.1) is 0 Å². The van der Waals surface area contributed by atoms with E-state index in [1.807, 2.05) is 68.2 Å². The molecule has 6 aliphatic rings. The molecule has 2 bridgehead atoms. The summed E-state index contributed by atoms with van der Waals surface area (Å²) in [6, 6.07) is 19.4. The van der Waals surface area contributed by atoms with E-state index in [0.717, 1.165) is 146 Å². The van der Waals surface area contributed by atoms with Gasteiger partial charge in [0.05, 0.1) is 17.8 Å². The molecular weight excluding hydrogens is 1090 g/mol. The Morgan fingerprint density at radius 3 is 2.49 bits per heavy atom. The van der Waals surface area contributed by atoms with E-state index in [1.54, 1.807) is 10.9 Å². The molecule has 3 aromatic heterocycles. The number of nitrogen functional groups attached to an aromatic ring is 1. The van der Waals surface area contributed by atoms with Gasteiger partial charge < -0.3 is 51.5 Å². The first kappa shape index (κ1) is 57.9. The summed E-state index contributed by atoms with van der Waals surface area (Å²) in [6.07, 6.45) is 16.7.